The number of amides is 2. The fourth-order valence-corrected chi connectivity index (χ4v) is 5.78. The molecule has 2 aromatic rings. The van der Waals surface area contributed by atoms with Crippen LogP contribution in [0.1, 0.15) is 50.5 Å². The molecule has 2 saturated heterocycles. The molecule has 0 aliphatic carbocycles. The average Bonchev–Trinajstić information content (AvgIpc) is 2.89. The summed E-state index contributed by atoms with van der Waals surface area (Å²) in [4.78, 5) is 35.8. The fourth-order valence-electron chi connectivity index (χ4n) is 5.47. The minimum absolute atomic E-state index is 0.0684. The van der Waals surface area contributed by atoms with E-state index >= 15 is 0 Å². The third-order valence-electron chi connectivity index (χ3n) is 7.61. The summed E-state index contributed by atoms with van der Waals surface area (Å²) in [6, 6.07) is 11.5. The Labute approximate surface area is 223 Å². The van der Waals surface area contributed by atoms with Crippen LogP contribution in [0.15, 0.2) is 36.4 Å². The van der Waals surface area contributed by atoms with Gasteiger partial charge in [0.15, 0.2) is 0 Å². The molecule has 1 aromatic carbocycles. The van der Waals surface area contributed by atoms with Gasteiger partial charge < -0.3 is 14.5 Å². The Morgan fingerprint density at radius 3 is 2.56 bits per heavy atom. The third-order valence-corrected chi connectivity index (χ3v) is 8.35. The van der Waals surface area contributed by atoms with Gasteiger partial charge in [0, 0.05) is 64.1 Å². The monoisotopic (exact) mass is 532 g/mol. The van der Waals surface area contributed by atoms with E-state index in [0.29, 0.717) is 28.2 Å². The Kier molecular flexibility index (Phi) is 8.75. The van der Waals surface area contributed by atoms with Gasteiger partial charge >= 0.3 is 0 Å². The van der Waals surface area contributed by atoms with Gasteiger partial charge in [0.05, 0.1) is 17.2 Å². The number of nitrogens with zero attached hydrogens (tertiary/aromatic N) is 4. The zero-order valence-electron chi connectivity index (χ0n) is 21.1. The molecule has 2 atom stereocenters. The van der Waals surface area contributed by atoms with Crippen molar-refractivity contribution < 1.29 is 14.3 Å². The highest BCUT2D eigenvalue weighted by molar-refractivity contribution is 6.42. The molecule has 0 N–H and O–H groups in total. The Bertz CT molecular complexity index is 1090. The first-order valence-corrected chi connectivity index (χ1v) is 13.3. The molecule has 1 unspecified atom stereocenters. The Balaban J connectivity index is 1.57. The average molecular weight is 534 g/mol. The zero-order valence-corrected chi connectivity index (χ0v) is 22.6. The molecule has 36 heavy (non-hydrogen) atoms. The van der Waals surface area contributed by atoms with Crippen LogP contribution in [0, 0.1) is 0 Å². The van der Waals surface area contributed by atoms with Gasteiger partial charge in [-0.05, 0) is 49.4 Å². The maximum atomic E-state index is 13.3. The van der Waals surface area contributed by atoms with E-state index in [-0.39, 0.29) is 29.8 Å². The van der Waals surface area contributed by atoms with Gasteiger partial charge in [0.2, 0.25) is 17.7 Å². The molecule has 2 aliphatic heterocycles. The summed E-state index contributed by atoms with van der Waals surface area (Å²) in [6.45, 7) is 4.33. The number of hydrogen-bond donors (Lipinski definition) is 0. The summed E-state index contributed by atoms with van der Waals surface area (Å²) < 4.78 is 5.34. The molecule has 0 radical (unpaired) electrons. The lowest BCUT2D eigenvalue weighted by Gasteiger charge is -2.42. The van der Waals surface area contributed by atoms with Crippen LogP contribution >= 0.6 is 23.2 Å². The molecule has 9 heteroatoms. The minimum atomic E-state index is -0.0827. The number of benzene rings is 1. The lowest BCUT2D eigenvalue weighted by Crippen LogP contribution is -2.50. The molecule has 2 aliphatic rings. The van der Waals surface area contributed by atoms with Crippen molar-refractivity contribution in [2.45, 2.75) is 57.0 Å². The second-order valence-electron chi connectivity index (χ2n) is 9.68. The molecule has 2 amide bonds. The molecule has 7 nitrogen and oxygen atoms in total. The zero-order chi connectivity index (χ0) is 25.8. The normalized spacial score (nSPS) is 21.5. The van der Waals surface area contributed by atoms with E-state index < -0.39 is 0 Å². The lowest BCUT2D eigenvalue weighted by molar-refractivity contribution is -0.130. The standard InChI is InChI=1S/C27H34Cl2N4O3/c1-18(34)31(2)20-11-14-32(15-12-20)16-13-24-21(19-7-9-22(28)23(29)17-19)8-10-27(35)33(24)25-5-4-6-26(30-25)36-3/h4-7,9,17,20-21,24H,8,10-16H2,1-3H3/t21-,24?/m0/s1. The van der Waals surface area contributed by atoms with Crippen molar-refractivity contribution in [2.75, 3.05) is 38.7 Å². The maximum Gasteiger partial charge on any atom is 0.228 e. The van der Waals surface area contributed by atoms with Crippen LogP contribution in [0.3, 0.4) is 0 Å². The molecule has 0 bridgehead atoms. The van der Waals surface area contributed by atoms with Crippen LogP contribution in [0.2, 0.25) is 10.0 Å². The largest absolute Gasteiger partial charge is 0.481 e. The van der Waals surface area contributed by atoms with Gasteiger partial charge in [-0.2, -0.15) is 4.98 Å². The number of methoxy groups -OCH3 is 1. The molecule has 2 fully saturated rings. The second kappa shape index (κ2) is 11.8. The molecule has 1 aromatic heterocycles. The first-order chi connectivity index (χ1) is 17.3. The topological polar surface area (TPSA) is 66.0 Å². The summed E-state index contributed by atoms with van der Waals surface area (Å²) in [5.41, 5.74) is 1.08. The smallest absolute Gasteiger partial charge is 0.228 e. The highest BCUT2D eigenvalue weighted by atomic mass is 35.5. The minimum Gasteiger partial charge on any atom is -0.481 e. The van der Waals surface area contributed by atoms with Crippen molar-refractivity contribution >= 4 is 40.8 Å². The van der Waals surface area contributed by atoms with E-state index in [4.69, 9.17) is 27.9 Å². The van der Waals surface area contributed by atoms with Crippen molar-refractivity contribution in [3.63, 3.8) is 0 Å². The van der Waals surface area contributed by atoms with Gasteiger partial charge in [0.25, 0.3) is 0 Å². The van der Waals surface area contributed by atoms with E-state index in [1.807, 2.05) is 47.2 Å². The van der Waals surface area contributed by atoms with Gasteiger partial charge in [-0.3, -0.25) is 14.5 Å². The van der Waals surface area contributed by atoms with E-state index in [9.17, 15) is 9.59 Å². The molecular formula is C27H34Cl2N4O3. The molecule has 0 saturated carbocycles. The second-order valence-corrected chi connectivity index (χ2v) is 10.5. The summed E-state index contributed by atoms with van der Waals surface area (Å²) in [5.74, 6) is 1.37. The van der Waals surface area contributed by atoms with Gasteiger partial charge in [-0.15, -0.1) is 0 Å². The summed E-state index contributed by atoms with van der Waals surface area (Å²) in [7, 11) is 3.46. The van der Waals surface area contributed by atoms with E-state index in [0.717, 1.165) is 50.9 Å². The number of aromatic nitrogens is 1. The van der Waals surface area contributed by atoms with Crippen LogP contribution < -0.4 is 9.64 Å². The quantitative estimate of drug-likeness (QED) is 0.501. The Morgan fingerprint density at radius 2 is 1.89 bits per heavy atom. The van der Waals surface area contributed by atoms with Crippen LogP contribution in [-0.2, 0) is 9.59 Å². The number of carbonyl (C=O) groups excluding carboxylic acids is 2. The maximum absolute atomic E-state index is 13.3. The van der Waals surface area contributed by atoms with Crippen molar-refractivity contribution in [1.82, 2.24) is 14.8 Å². The Morgan fingerprint density at radius 1 is 1.14 bits per heavy atom. The number of hydrogen-bond acceptors (Lipinski definition) is 5. The third kappa shape index (κ3) is 5.96. The van der Waals surface area contributed by atoms with Crippen LogP contribution in [0.25, 0.3) is 0 Å². The molecular weight excluding hydrogens is 499 g/mol. The van der Waals surface area contributed by atoms with Gasteiger partial charge in [-0.1, -0.05) is 35.3 Å². The molecule has 0 spiro atoms. The van der Waals surface area contributed by atoms with Crippen molar-refractivity contribution in [3.05, 3.63) is 52.0 Å². The number of rotatable bonds is 7. The number of likely N-dealkylation sites (tertiary alicyclic amines) is 1. The summed E-state index contributed by atoms with van der Waals surface area (Å²) in [6.07, 6.45) is 3.88. The summed E-state index contributed by atoms with van der Waals surface area (Å²) in [5, 5.41) is 1.04. The summed E-state index contributed by atoms with van der Waals surface area (Å²) >= 11 is 12.6. The van der Waals surface area contributed by atoms with Crippen LogP contribution in [0.5, 0.6) is 5.88 Å². The highest BCUT2D eigenvalue weighted by Gasteiger charge is 2.38. The predicted molar refractivity (Wildman–Crippen MR) is 143 cm³/mol. The van der Waals surface area contributed by atoms with Gasteiger partial charge in [-0.25, -0.2) is 0 Å². The molecule has 194 valence electrons. The number of pyridine rings is 1. The predicted octanol–water partition coefficient (Wildman–Crippen LogP) is 5.01. The molecule has 3 heterocycles. The lowest BCUT2D eigenvalue weighted by atomic mass is 9.81. The van der Waals surface area contributed by atoms with E-state index in [1.54, 1.807) is 20.1 Å². The van der Waals surface area contributed by atoms with Crippen LogP contribution in [0.4, 0.5) is 5.82 Å². The van der Waals surface area contributed by atoms with Crippen molar-refractivity contribution in [1.29, 1.82) is 0 Å². The van der Waals surface area contributed by atoms with Gasteiger partial charge in [0.1, 0.15) is 5.82 Å². The van der Waals surface area contributed by atoms with Crippen molar-refractivity contribution in [3.8, 4) is 5.88 Å². The van der Waals surface area contributed by atoms with Crippen molar-refractivity contribution in [2.24, 2.45) is 0 Å². The number of piperidine rings is 2. The number of carbonyl (C=O) groups is 2. The first kappa shape index (κ1) is 26.7. The molecule has 4 rings (SSSR count). The number of ether oxygens (including phenoxy) is 1. The SMILES string of the molecule is COc1cccc(N2C(=O)CC[C@@H](c3ccc(Cl)c(Cl)c3)C2CCN2CCC(N(C)C(C)=O)CC2)n1. The Hall–Kier alpha value is -2.35. The number of halogens is 2. The number of anilines is 1. The van der Waals surface area contributed by atoms with E-state index in [1.165, 1.54) is 0 Å². The highest BCUT2D eigenvalue weighted by Crippen LogP contribution is 2.39. The first-order valence-electron chi connectivity index (χ1n) is 12.5. The van der Waals surface area contributed by atoms with Crippen LogP contribution in [-0.4, -0.2) is 72.5 Å². The van der Waals surface area contributed by atoms with E-state index in [2.05, 4.69) is 9.88 Å². The fraction of sp³-hybridized carbons (Fsp3) is 0.519.